The molecule has 2 aromatic rings. The number of aryl methyl sites for hydroxylation is 1. The standard InChI is InChI=1S/C17H22FN3O2/c1-20-9-15(19-13-20)10-21-6-7-23-17(11-21,12-22)8-14-4-2-3-5-16(14)18/h2-5,9,13,22H,6-8,10-12H2,1H3. The summed E-state index contributed by atoms with van der Waals surface area (Å²) in [5.74, 6) is -0.259. The number of morpholine rings is 1. The first-order chi connectivity index (χ1) is 11.1. The van der Waals surface area contributed by atoms with Gasteiger partial charge in [-0.2, -0.15) is 0 Å². The van der Waals surface area contributed by atoms with E-state index < -0.39 is 5.60 Å². The molecule has 0 amide bonds. The van der Waals surface area contributed by atoms with Crippen LogP contribution in [0.3, 0.4) is 0 Å². The molecule has 23 heavy (non-hydrogen) atoms. The minimum Gasteiger partial charge on any atom is -0.393 e. The second-order valence-electron chi connectivity index (χ2n) is 6.20. The van der Waals surface area contributed by atoms with Crippen LogP contribution in [0.15, 0.2) is 36.8 Å². The van der Waals surface area contributed by atoms with E-state index in [4.69, 9.17) is 4.74 Å². The quantitative estimate of drug-likeness (QED) is 0.904. The number of aliphatic hydroxyl groups excluding tert-OH is 1. The Morgan fingerprint density at radius 2 is 2.22 bits per heavy atom. The number of imidazole rings is 1. The highest BCUT2D eigenvalue weighted by atomic mass is 19.1. The van der Waals surface area contributed by atoms with Crippen LogP contribution >= 0.6 is 0 Å². The average Bonchev–Trinajstić information content (AvgIpc) is 2.95. The Morgan fingerprint density at radius 1 is 1.39 bits per heavy atom. The number of aromatic nitrogens is 2. The largest absolute Gasteiger partial charge is 0.393 e. The molecule has 1 aromatic carbocycles. The predicted octanol–water partition coefficient (Wildman–Crippen LogP) is 1.37. The van der Waals surface area contributed by atoms with Gasteiger partial charge in [-0.15, -0.1) is 0 Å². The molecule has 1 aliphatic rings. The number of benzene rings is 1. The molecule has 0 saturated carbocycles. The van der Waals surface area contributed by atoms with E-state index in [1.807, 2.05) is 17.8 Å². The summed E-state index contributed by atoms with van der Waals surface area (Å²) in [6, 6.07) is 6.65. The molecule has 5 nitrogen and oxygen atoms in total. The molecular formula is C17H22FN3O2. The third-order valence-electron chi connectivity index (χ3n) is 4.23. The molecule has 1 N–H and O–H groups in total. The number of aliphatic hydroxyl groups is 1. The second kappa shape index (κ2) is 6.78. The van der Waals surface area contributed by atoms with Gasteiger partial charge >= 0.3 is 0 Å². The number of nitrogens with zero attached hydrogens (tertiary/aromatic N) is 3. The average molecular weight is 319 g/mol. The Bertz CT molecular complexity index is 661. The maximum atomic E-state index is 13.9. The van der Waals surface area contributed by atoms with E-state index in [0.717, 1.165) is 12.2 Å². The van der Waals surface area contributed by atoms with Gasteiger partial charge in [0, 0.05) is 39.3 Å². The molecule has 1 fully saturated rings. The van der Waals surface area contributed by atoms with Gasteiger partial charge in [-0.25, -0.2) is 9.37 Å². The summed E-state index contributed by atoms with van der Waals surface area (Å²) in [5, 5.41) is 9.89. The monoisotopic (exact) mass is 319 g/mol. The second-order valence-corrected chi connectivity index (χ2v) is 6.20. The van der Waals surface area contributed by atoms with Gasteiger partial charge in [0.15, 0.2) is 0 Å². The maximum Gasteiger partial charge on any atom is 0.126 e. The first-order valence-electron chi connectivity index (χ1n) is 7.78. The minimum absolute atomic E-state index is 0.139. The molecule has 0 radical (unpaired) electrons. The van der Waals surface area contributed by atoms with Gasteiger partial charge in [0.1, 0.15) is 11.4 Å². The summed E-state index contributed by atoms with van der Waals surface area (Å²) >= 11 is 0. The number of rotatable bonds is 5. The van der Waals surface area contributed by atoms with Gasteiger partial charge < -0.3 is 14.4 Å². The summed E-state index contributed by atoms with van der Waals surface area (Å²) in [5.41, 5.74) is 0.781. The van der Waals surface area contributed by atoms with Crippen LogP contribution in [0.2, 0.25) is 0 Å². The third-order valence-corrected chi connectivity index (χ3v) is 4.23. The lowest BCUT2D eigenvalue weighted by molar-refractivity contribution is -0.134. The first kappa shape index (κ1) is 16.1. The SMILES string of the molecule is Cn1cnc(CN2CCOC(CO)(Cc3ccccc3F)C2)c1. The van der Waals surface area contributed by atoms with Crippen molar-refractivity contribution in [3.05, 3.63) is 53.9 Å². The van der Waals surface area contributed by atoms with Crippen molar-refractivity contribution in [1.29, 1.82) is 0 Å². The van der Waals surface area contributed by atoms with Gasteiger partial charge in [-0.05, 0) is 11.6 Å². The lowest BCUT2D eigenvalue weighted by Crippen LogP contribution is -2.55. The molecule has 124 valence electrons. The van der Waals surface area contributed by atoms with Crippen LogP contribution in [0.5, 0.6) is 0 Å². The molecule has 1 atom stereocenters. The fraction of sp³-hybridized carbons (Fsp3) is 0.471. The Labute approximate surface area is 135 Å². The van der Waals surface area contributed by atoms with Crippen molar-refractivity contribution < 1.29 is 14.2 Å². The van der Waals surface area contributed by atoms with Crippen LogP contribution in [0, 0.1) is 5.82 Å². The van der Waals surface area contributed by atoms with Crippen LogP contribution in [0.4, 0.5) is 4.39 Å². The van der Waals surface area contributed by atoms with Crippen molar-refractivity contribution in [2.75, 3.05) is 26.3 Å². The number of hydrogen-bond acceptors (Lipinski definition) is 4. The van der Waals surface area contributed by atoms with Crippen LogP contribution < -0.4 is 0 Å². The van der Waals surface area contributed by atoms with E-state index in [1.165, 1.54) is 6.07 Å². The first-order valence-corrected chi connectivity index (χ1v) is 7.78. The zero-order valence-electron chi connectivity index (χ0n) is 13.3. The molecular weight excluding hydrogens is 297 g/mol. The summed E-state index contributed by atoms with van der Waals surface area (Å²) in [6.07, 6.45) is 4.11. The van der Waals surface area contributed by atoms with Crippen LogP contribution in [-0.2, 0) is 24.8 Å². The Hall–Kier alpha value is -1.76. The molecule has 6 heteroatoms. The highest BCUT2D eigenvalue weighted by molar-refractivity contribution is 5.20. The van der Waals surface area contributed by atoms with Crippen molar-refractivity contribution >= 4 is 0 Å². The third kappa shape index (κ3) is 3.77. The van der Waals surface area contributed by atoms with Crippen LogP contribution in [-0.4, -0.2) is 51.5 Å². The summed E-state index contributed by atoms with van der Waals surface area (Å²) < 4.78 is 21.7. The Kier molecular flexibility index (Phi) is 4.75. The molecule has 1 aliphatic heterocycles. The lowest BCUT2D eigenvalue weighted by Gasteiger charge is -2.41. The highest BCUT2D eigenvalue weighted by Crippen LogP contribution is 2.25. The van der Waals surface area contributed by atoms with E-state index in [9.17, 15) is 9.50 Å². The van der Waals surface area contributed by atoms with Crippen molar-refractivity contribution in [2.24, 2.45) is 7.05 Å². The number of ether oxygens (including phenoxy) is 1. The molecule has 1 aromatic heterocycles. The van der Waals surface area contributed by atoms with Gasteiger partial charge in [0.25, 0.3) is 0 Å². The highest BCUT2D eigenvalue weighted by Gasteiger charge is 2.37. The van der Waals surface area contributed by atoms with Crippen LogP contribution in [0.1, 0.15) is 11.3 Å². The maximum absolute atomic E-state index is 13.9. The normalized spacial score (nSPS) is 22.4. The van der Waals surface area contributed by atoms with Crippen molar-refractivity contribution in [1.82, 2.24) is 14.5 Å². The van der Waals surface area contributed by atoms with Crippen molar-refractivity contribution in [3.63, 3.8) is 0 Å². The molecule has 3 rings (SSSR count). The van der Waals surface area contributed by atoms with Crippen LogP contribution in [0.25, 0.3) is 0 Å². The number of halogens is 1. The smallest absolute Gasteiger partial charge is 0.126 e. The van der Waals surface area contributed by atoms with E-state index in [-0.39, 0.29) is 12.4 Å². The summed E-state index contributed by atoms with van der Waals surface area (Å²) in [7, 11) is 1.94. The molecule has 0 bridgehead atoms. The fourth-order valence-corrected chi connectivity index (χ4v) is 3.08. The van der Waals surface area contributed by atoms with Gasteiger partial charge in [0.2, 0.25) is 0 Å². The number of hydrogen-bond donors (Lipinski definition) is 1. The zero-order valence-corrected chi connectivity index (χ0v) is 13.3. The van der Waals surface area contributed by atoms with Gasteiger partial charge in [0.05, 0.1) is 25.2 Å². The predicted molar refractivity (Wildman–Crippen MR) is 84.4 cm³/mol. The van der Waals surface area contributed by atoms with Crippen molar-refractivity contribution in [3.8, 4) is 0 Å². The van der Waals surface area contributed by atoms with E-state index in [0.29, 0.717) is 31.7 Å². The Balaban J connectivity index is 1.72. The molecule has 0 spiro atoms. The summed E-state index contributed by atoms with van der Waals surface area (Å²) in [6.45, 7) is 2.40. The van der Waals surface area contributed by atoms with Crippen molar-refractivity contribution in [2.45, 2.75) is 18.6 Å². The summed E-state index contributed by atoms with van der Waals surface area (Å²) in [4.78, 5) is 6.54. The van der Waals surface area contributed by atoms with Gasteiger partial charge in [-0.3, -0.25) is 4.90 Å². The van der Waals surface area contributed by atoms with Gasteiger partial charge in [-0.1, -0.05) is 18.2 Å². The molecule has 2 heterocycles. The molecule has 1 unspecified atom stereocenters. The molecule has 0 aliphatic carbocycles. The van der Waals surface area contributed by atoms with E-state index in [1.54, 1.807) is 24.5 Å². The fourth-order valence-electron chi connectivity index (χ4n) is 3.08. The minimum atomic E-state index is -0.769. The zero-order chi connectivity index (χ0) is 16.3. The van der Waals surface area contributed by atoms with E-state index in [2.05, 4.69) is 9.88 Å². The lowest BCUT2D eigenvalue weighted by atomic mass is 9.92. The van der Waals surface area contributed by atoms with E-state index >= 15 is 0 Å². The Morgan fingerprint density at radius 3 is 2.91 bits per heavy atom. The topological polar surface area (TPSA) is 50.5 Å². The molecule has 1 saturated heterocycles.